The molecule has 3 heteroatoms. The van der Waals surface area contributed by atoms with Gasteiger partial charge >= 0.3 is 0 Å². The minimum atomic E-state index is 0.317. The summed E-state index contributed by atoms with van der Waals surface area (Å²) in [7, 11) is 0. The third-order valence-electron chi connectivity index (χ3n) is 3.27. The van der Waals surface area contributed by atoms with Gasteiger partial charge in [-0.1, -0.05) is 33.8 Å². The quantitative estimate of drug-likeness (QED) is 0.792. The summed E-state index contributed by atoms with van der Waals surface area (Å²) < 4.78 is 2.09. The molecule has 17 heavy (non-hydrogen) atoms. The van der Waals surface area contributed by atoms with Crippen LogP contribution in [0.25, 0.3) is 0 Å². The monoisotopic (exact) mass is 235 g/mol. The molecule has 0 aliphatic rings. The Hall–Kier alpha value is -1.25. The van der Waals surface area contributed by atoms with Gasteiger partial charge in [-0.25, -0.2) is 4.98 Å². The summed E-state index contributed by atoms with van der Waals surface area (Å²) in [6.07, 6.45) is 3.94. The molecular formula is C14H25N3. The Balaban J connectivity index is 2.65. The smallest absolute Gasteiger partial charge is 0.203 e. The number of rotatable bonds is 5. The first kappa shape index (κ1) is 13.8. The molecule has 96 valence electrons. The Morgan fingerprint density at radius 1 is 1.53 bits per heavy atom. The number of aryl methyl sites for hydroxylation is 1. The Labute approximate surface area is 105 Å². The van der Waals surface area contributed by atoms with E-state index in [1.807, 2.05) is 19.2 Å². The number of anilines is 1. The molecule has 1 rings (SSSR count). The molecule has 0 radical (unpaired) electrons. The van der Waals surface area contributed by atoms with E-state index in [0.29, 0.717) is 11.3 Å². The third-order valence-corrected chi connectivity index (χ3v) is 3.27. The van der Waals surface area contributed by atoms with E-state index in [0.717, 1.165) is 24.7 Å². The molecule has 0 saturated heterocycles. The molecule has 1 heterocycles. The molecule has 1 atom stereocenters. The van der Waals surface area contributed by atoms with Crippen molar-refractivity contribution in [2.75, 3.05) is 11.9 Å². The Bertz CT molecular complexity index is 371. The SMILES string of the molecule is C=CCn1cc(C)nc1NCC(C)C(C)(C)C. The van der Waals surface area contributed by atoms with E-state index in [4.69, 9.17) is 0 Å². The molecule has 1 unspecified atom stereocenters. The highest BCUT2D eigenvalue weighted by Crippen LogP contribution is 2.25. The zero-order valence-corrected chi connectivity index (χ0v) is 11.7. The lowest BCUT2D eigenvalue weighted by atomic mass is 9.82. The summed E-state index contributed by atoms with van der Waals surface area (Å²) in [6, 6.07) is 0. The van der Waals surface area contributed by atoms with Crippen LogP contribution in [0, 0.1) is 18.3 Å². The summed E-state index contributed by atoms with van der Waals surface area (Å²) in [4.78, 5) is 4.49. The number of aromatic nitrogens is 2. The third kappa shape index (κ3) is 3.91. The van der Waals surface area contributed by atoms with Crippen LogP contribution in [0.5, 0.6) is 0 Å². The maximum absolute atomic E-state index is 4.49. The van der Waals surface area contributed by atoms with Gasteiger partial charge in [-0.2, -0.15) is 0 Å². The van der Waals surface area contributed by atoms with Crippen LogP contribution in [0.4, 0.5) is 5.95 Å². The zero-order chi connectivity index (χ0) is 13.1. The molecule has 1 aromatic heterocycles. The van der Waals surface area contributed by atoms with Crippen LogP contribution in [-0.2, 0) is 6.54 Å². The Kier molecular flexibility index (Phi) is 4.38. The van der Waals surface area contributed by atoms with E-state index >= 15 is 0 Å². The van der Waals surface area contributed by atoms with E-state index in [-0.39, 0.29) is 0 Å². The van der Waals surface area contributed by atoms with Crippen LogP contribution in [0.1, 0.15) is 33.4 Å². The summed E-state index contributed by atoms with van der Waals surface area (Å²) in [5, 5.41) is 3.43. The molecular weight excluding hydrogens is 210 g/mol. The van der Waals surface area contributed by atoms with Gasteiger partial charge in [0.05, 0.1) is 5.69 Å². The van der Waals surface area contributed by atoms with Gasteiger partial charge in [0, 0.05) is 19.3 Å². The zero-order valence-electron chi connectivity index (χ0n) is 11.7. The van der Waals surface area contributed by atoms with Gasteiger partial charge in [-0.05, 0) is 18.3 Å². The van der Waals surface area contributed by atoms with Crippen molar-refractivity contribution in [1.29, 1.82) is 0 Å². The van der Waals surface area contributed by atoms with E-state index in [9.17, 15) is 0 Å². The lowest BCUT2D eigenvalue weighted by Gasteiger charge is -2.27. The molecule has 3 nitrogen and oxygen atoms in total. The molecule has 0 bridgehead atoms. The maximum atomic E-state index is 4.49. The number of allylic oxidation sites excluding steroid dienone is 1. The van der Waals surface area contributed by atoms with Gasteiger partial charge in [0.1, 0.15) is 0 Å². The van der Waals surface area contributed by atoms with Crippen LogP contribution in [-0.4, -0.2) is 16.1 Å². The molecule has 0 aromatic carbocycles. The van der Waals surface area contributed by atoms with E-state index in [1.54, 1.807) is 0 Å². The lowest BCUT2D eigenvalue weighted by molar-refractivity contribution is 0.274. The van der Waals surface area contributed by atoms with E-state index in [2.05, 4.69) is 49.1 Å². The maximum Gasteiger partial charge on any atom is 0.203 e. The molecule has 0 aliphatic heterocycles. The highest BCUT2D eigenvalue weighted by Gasteiger charge is 2.20. The highest BCUT2D eigenvalue weighted by atomic mass is 15.2. The largest absolute Gasteiger partial charge is 0.355 e. The first-order chi connectivity index (χ1) is 7.84. The van der Waals surface area contributed by atoms with Crippen molar-refractivity contribution in [1.82, 2.24) is 9.55 Å². The number of imidazole rings is 1. The standard InChI is InChI=1S/C14H25N3/c1-7-8-17-10-12(3)16-13(17)15-9-11(2)14(4,5)6/h7,10-11H,1,8-9H2,2-6H3,(H,15,16). The fourth-order valence-electron chi connectivity index (χ4n) is 1.52. The van der Waals surface area contributed by atoms with Crippen LogP contribution in [0.15, 0.2) is 18.9 Å². The van der Waals surface area contributed by atoms with E-state index in [1.165, 1.54) is 0 Å². The topological polar surface area (TPSA) is 29.9 Å². The number of hydrogen-bond acceptors (Lipinski definition) is 2. The Morgan fingerprint density at radius 3 is 2.71 bits per heavy atom. The fraction of sp³-hybridized carbons (Fsp3) is 0.643. The average Bonchev–Trinajstić information content (AvgIpc) is 2.54. The number of nitrogens with one attached hydrogen (secondary N) is 1. The van der Waals surface area contributed by atoms with Crippen molar-refractivity contribution in [3.63, 3.8) is 0 Å². The predicted octanol–water partition coefficient (Wildman–Crippen LogP) is 3.47. The van der Waals surface area contributed by atoms with Crippen molar-refractivity contribution in [2.24, 2.45) is 11.3 Å². The molecule has 0 aliphatic carbocycles. The van der Waals surface area contributed by atoms with Crippen LogP contribution in [0.2, 0.25) is 0 Å². The molecule has 0 saturated carbocycles. The molecule has 1 N–H and O–H groups in total. The second kappa shape index (κ2) is 5.39. The molecule has 1 aromatic rings. The van der Waals surface area contributed by atoms with Crippen LogP contribution >= 0.6 is 0 Å². The molecule has 0 amide bonds. The normalized spacial score (nSPS) is 13.5. The van der Waals surface area contributed by atoms with Gasteiger partial charge in [-0.15, -0.1) is 6.58 Å². The van der Waals surface area contributed by atoms with Crippen molar-refractivity contribution in [2.45, 2.75) is 41.2 Å². The summed E-state index contributed by atoms with van der Waals surface area (Å²) >= 11 is 0. The second-order valence-corrected chi connectivity index (χ2v) is 5.79. The summed E-state index contributed by atoms with van der Waals surface area (Å²) in [6.45, 7) is 16.6. The van der Waals surface area contributed by atoms with Gasteiger partial charge in [0.25, 0.3) is 0 Å². The number of hydrogen-bond donors (Lipinski definition) is 1. The molecule has 0 fully saturated rings. The first-order valence-electron chi connectivity index (χ1n) is 6.23. The van der Waals surface area contributed by atoms with Crippen LogP contribution in [0.3, 0.4) is 0 Å². The second-order valence-electron chi connectivity index (χ2n) is 5.79. The predicted molar refractivity (Wildman–Crippen MR) is 74.3 cm³/mol. The van der Waals surface area contributed by atoms with Gasteiger partial charge in [0.15, 0.2) is 0 Å². The first-order valence-corrected chi connectivity index (χ1v) is 6.23. The minimum Gasteiger partial charge on any atom is -0.355 e. The minimum absolute atomic E-state index is 0.317. The van der Waals surface area contributed by atoms with Crippen molar-refractivity contribution >= 4 is 5.95 Å². The van der Waals surface area contributed by atoms with Crippen molar-refractivity contribution in [3.8, 4) is 0 Å². The highest BCUT2D eigenvalue weighted by molar-refractivity contribution is 5.29. The van der Waals surface area contributed by atoms with Crippen molar-refractivity contribution in [3.05, 3.63) is 24.5 Å². The molecule has 0 spiro atoms. The van der Waals surface area contributed by atoms with Gasteiger partial charge in [0.2, 0.25) is 5.95 Å². The van der Waals surface area contributed by atoms with Gasteiger partial charge in [-0.3, -0.25) is 0 Å². The summed E-state index contributed by atoms with van der Waals surface area (Å²) in [5.74, 6) is 1.54. The Morgan fingerprint density at radius 2 is 2.18 bits per heavy atom. The lowest BCUT2D eigenvalue weighted by Crippen LogP contribution is -2.25. The average molecular weight is 235 g/mol. The van der Waals surface area contributed by atoms with Gasteiger partial charge < -0.3 is 9.88 Å². The fourth-order valence-corrected chi connectivity index (χ4v) is 1.52. The number of nitrogens with zero attached hydrogens (tertiary/aromatic N) is 2. The van der Waals surface area contributed by atoms with E-state index < -0.39 is 0 Å². The van der Waals surface area contributed by atoms with Crippen LogP contribution < -0.4 is 5.32 Å². The summed E-state index contributed by atoms with van der Waals surface area (Å²) in [5.41, 5.74) is 1.36. The van der Waals surface area contributed by atoms with Crippen molar-refractivity contribution < 1.29 is 0 Å².